The summed E-state index contributed by atoms with van der Waals surface area (Å²) in [5.41, 5.74) is 0.948. The predicted molar refractivity (Wildman–Crippen MR) is 126 cm³/mol. The van der Waals surface area contributed by atoms with Gasteiger partial charge in [-0.15, -0.1) is 0 Å². The molecule has 0 spiro atoms. The Morgan fingerprint density at radius 1 is 1.24 bits per heavy atom. The van der Waals surface area contributed by atoms with E-state index < -0.39 is 16.3 Å². The van der Waals surface area contributed by atoms with Gasteiger partial charge in [0.15, 0.2) is 5.78 Å². The van der Waals surface area contributed by atoms with Crippen LogP contribution in [-0.2, 0) is 16.6 Å². The molecule has 0 aliphatic carbocycles. The first-order valence-electron chi connectivity index (χ1n) is 10.7. The van der Waals surface area contributed by atoms with E-state index in [9.17, 15) is 18.3 Å². The van der Waals surface area contributed by atoms with Crippen LogP contribution in [0.4, 0.5) is 5.69 Å². The number of benzene rings is 1. The Hall–Kier alpha value is -1.91. The highest BCUT2D eigenvalue weighted by Crippen LogP contribution is 2.36. The summed E-state index contributed by atoms with van der Waals surface area (Å²) in [6, 6.07) is 6.41. The van der Waals surface area contributed by atoms with Crippen LogP contribution in [0, 0.1) is 5.92 Å². The average molecular weight is 514 g/mol. The lowest BCUT2D eigenvalue weighted by Gasteiger charge is -2.39. The lowest BCUT2D eigenvalue weighted by Crippen LogP contribution is -2.52. The van der Waals surface area contributed by atoms with Crippen molar-refractivity contribution in [3.8, 4) is 5.88 Å². The molecule has 3 heterocycles. The van der Waals surface area contributed by atoms with Crippen molar-refractivity contribution in [3.63, 3.8) is 0 Å². The summed E-state index contributed by atoms with van der Waals surface area (Å²) in [6.07, 6.45) is 2.21. The third-order valence-electron chi connectivity index (χ3n) is 5.96. The van der Waals surface area contributed by atoms with Gasteiger partial charge < -0.3 is 9.84 Å². The van der Waals surface area contributed by atoms with E-state index in [1.165, 1.54) is 14.8 Å². The summed E-state index contributed by atoms with van der Waals surface area (Å²) in [4.78, 5) is 17.1. The molecule has 4 rings (SSSR count). The van der Waals surface area contributed by atoms with Crippen molar-refractivity contribution in [1.29, 1.82) is 0 Å². The maximum atomic E-state index is 13.5. The molecule has 33 heavy (non-hydrogen) atoms. The molecule has 2 aromatic rings. The number of aliphatic hydroxyl groups excluding tert-OH is 1. The average Bonchev–Trinajstić information content (AvgIpc) is 2.78. The SMILES string of the molecule is CC1CCN(S(=O)(=O)N2C[C@H](CO)Oc3ncc(CC(=O)c4c(Cl)cccc4Cl)cc32)CC1. The molecule has 2 aliphatic heterocycles. The molecule has 2 aliphatic rings. The van der Waals surface area contributed by atoms with Gasteiger partial charge in [-0.3, -0.25) is 4.79 Å². The molecule has 0 amide bonds. The Balaban J connectivity index is 1.66. The minimum absolute atomic E-state index is 0.0483. The van der Waals surface area contributed by atoms with Crippen molar-refractivity contribution in [2.75, 3.05) is 30.5 Å². The summed E-state index contributed by atoms with van der Waals surface area (Å²) >= 11 is 12.3. The molecule has 1 fully saturated rings. The zero-order valence-electron chi connectivity index (χ0n) is 18.1. The number of anilines is 1. The molecule has 8 nitrogen and oxygen atoms in total. The van der Waals surface area contributed by atoms with Gasteiger partial charge >= 0.3 is 10.2 Å². The number of ketones is 1. The monoisotopic (exact) mass is 513 g/mol. The maximum absolute atomic E-state index is 13.5. The number of hydrogen-bond acceptors (Lipinski definition) is 6. The minimum atomic E-state index is -3.87. The number of Topliss-reactive ketones (excluding diaryl/α,β-unsaturated/α-hetero) is 1. The topological polar surface area (TPSA) is 100 Å². The van der Waals surface area contributed by atoms with E-state index in [0.717, 1.165) is 12.8 Å². The molecule has 1 aromatic heterocycles. The normalized spacial score (nSPS) is 19.8. The Bertz CT molecular complexity index is 1130. The molecule has 1 aromatic carbocycles. The van der Waals surface area contributed by atoms with E-state index in [0.29, 0.717) is 24.6 Å². The van der Waals surface area contributed by atoms with Crippen LogP contribution in [-0.4, -0.2) is 60.9 Å². The van der Waals surface area contributed by atoms with Crippen molar-refractivity contribution in [2.24, 2.45) is 5.92 Å². The van der Waals surface area contributed by atoms with Gasteiger partial charge in [-0.25, -0.2) is 9.29 Å². The molecule has 1 atom stereocenters. The first kappa shape index (κ1) is 24.2. The maximum Gasteiger partial charge on any atom is 0.304 e. The second kappa shape index (κ2) is 9.76. The van der Waals surface area contributed by atoms with Crippen LogP contribution in [0.25, 0.3) is 0 Å². The number of halogens is 2. The Morgan fingerprint density at radius 3 is 2.55 bits per heavy atom. The third kappa shape index (κ3) is 4.97. The molecular weight excluding hydrogens is 489 g/mol. The second-order valence-corrected chi connectivity index (χ2v) is 11.1. The van der Waals surface area contributed by atoms with Crippen LogP contribution >= 0.6 is 23.2 Å². The fourth-order valence-electron chi connectivity index (χ4n) is 4.03. The van der Waals surface area contributed by atoms with Crippen LogP contribution in [0.2, 0.25) is 10.0 Å². The van der Waals surface area contributed by atoms with E-state index in [1.807, 2.05) is 0 Å². The zero-order valence-corrected chi connectivity index (χ0v) is 20.4. The standard InChI is InChI=1S/C22H25Cl2N3O5S/c1-14-5-7-26(8-6-14)33(30,31)27-12-16(13-28)32-22-19(27)9-15(11-25-22)10-20(29)21-17(23)3-2-4-18(21)24/h2-4,9,11,14,16,28H,5-8,10,12-13H2,1H3/t16-/m1/s1. The first-order chi connectivity index (χ1) is 15.7. The number of nitrogens with zero attached hydrogens (tertiary/aromatic N) is 3. The van der Waals surface area contributed by atoms with Crippen molar-refractivity contribution in [2.45, 2.75) is 32.3 Å². The number of fused-ring (bicyclic) bond motifs is 1. The first-order valence-corrected chi connectivity index (χ1v) is 12.9. The van der Waals surface area contributed by atoms with Crippen molar-refractivity contribution >= 4 is 44.9 Å². The second-order valence-electron chi connectivity index (χ2n) is 8.41. The number of carbonyl (C=O) groups excluding carboxylic acids is 1. The minimum Gasteiger partial charge on any atom is -0.468 e. The van der Waals surface area contributed by atoms with E-state index in [-0.39, 0.29) is 52.5 Å². The number of hydrogen-bond donors (Lipinski definition) is 1. The van der Waals surface area contributed by atoms with Gasteiger partial charge in [0.2, 0.25) is 5.88 Å². The molecule has 0 saturated carbocycles. The molecule has 178 valence electrons. The number of rotatable bonds is 6. The van der Waals surface area contributed by atoms with Crippen molar-refractivity contribution < 1.29 is 23.1 Å². The summed E-state index contributed by atoms with van der Waals surface area (Å²) in [5.74, 6) is 0.257. The highest BCUT2D eigenvalue weighted by atomic mass is 35.5. The fourth-order valence-corrected chi connectivity index (χ4v) is 6.33. The van der Waals surface area contributed by atoms with Crippen LogP contribution in [0.5, 0.6) is 5.88 Å². The zero-order chi connectivity index (χ0) is 23.8. The van der Waals surface area contributed by atoms with Crippen LogP contribution in [0.15, 0.2) is 30.5 Å². The number of piperidine rings is 1. The van der Waals surface area contributed by atoms with Crippen molar-refractivity contribution in [1.82, 2.24) is 9.29 Å². The van der Waals surface area contributed by atoms with E-state index in [1.54, 1.807) is 24.3 Å². The largest absolute Gasteiger partial charge is 0.468 e. The summed E-state index contributed by atoms with van der Waals surface area (Å²) < 4.78 is 35.4. The molecular formula is C22H25Cl2N3O5S. The molecule has 1 saturated heterocycles. The third-order valence-corrected chi connectivity index (χ3v) is 8.51. The Labute approximate surface area is 203 Å². The molecule has 0 unspecified atom stereocenters. The number of pyridine rings is 1. The van der Waals surface area contributed by atoms with Crippen molar-refractivity contribution in [3.05, 3.63) is 51.6 Å². The van der Waals surface area contributed by atoms with Gasteiger partial charge in [0, 0.05) is 25.7 Å². The fraction of sp³-hybridized carbons (Fsp3) is 0.455. The summed E-state index contributed by atoms with van der Waals surface area (Å²) in [5, 5.41) is 10.1. The van der Waals surface area contributed by atoms with E-state index >= 15 is 0 Å². The van der Waals surface area contributed by atoms with E-state index in [2.05, 4.69) is 11.9 Å². The van der Waals surface area contributed by atoms with Gasteiger partial charge in [-0.1, -0.05) is 36.2 Å². The Morgan fingerprint density at radius 2 is 1.91 bits per heavy atom. The lowest BCUT2D eigenvalue weighted by molar-refractivity contribution is 0.0992. The van der Waals surface area contributed by atoms with E-state index in [4.69, 9.17) is 27.9 Å². The summed E-state index contributed by atoms with van der Waals surface area (Å²) in [6.45, 7) is 2.56. The van der Waals surface area contributed by atoms with Crippen LogP contribution < -0.4 is 9.04 Å². The van der Waals surface area contributed by atoms with Gasteiger partial charge in [0.05, 0.1) is 28.8 Å². The quantitative estimate of drug-likeness (QED) is 0.594. The number of aromatic nitrogens is 1. The lowest BCUT2D eigenvalue weighted by atomic mass is 10.0. The van der Waals surface area contributed by atoms with Gasteiger partial charge in [-0.2, -0.15) is 12.7 Å². The molecule has 0 radical (unpaired) electrons. The predicted octanol–water partition coefficient (Wildman–Crippen LogP) is 3.35. The highest BCUT2D eigenvalue weighted by Gasteiger charge is 2.39. The highest BCUT2D eigenvalue weighted by molar-refractivity contribution is 7.90. The molecule has 11 heteroatoms. The number of ether oxygens (including phenoxy) is 1. The van der Waals surface area contributed by atoms with Gasteiger partial charge in [0.1, 0.15) is 11.8 Å². The molecule has 1 N–H and O–H groups in total. The van der Waals surface area contributed by atoms with Gasteiger partial charge in [0.25, 0.3) is 0 Å². The number of aliphatic hydroxyl groups is 1. The Kier molecular flexibility index (Phi) is 7.16. The molecule has 0 bridgehead atoms. The summed E-state index contributed by atoms with van der Waals surface area (Å²) in [7, 11) is -3.87. The van der Waals surface area contributed by atoms with Crippen LogP contribution in [0.1, 0.15) is 35.7 Å². The van der Waals surface area contributed by atoms with Gasteiger partial charge in [-0.05, 0) is 42.5 Å². The number of carbonyl (C=O) groups is 1. The smallest absolute Gasteiger partial charge is 0.304 e. The van der Waals surface area contributed by atoms with Crippen LogP contribution in [0.3, 0.4) is 0 Å².